The second-order valence-electron chi connectivity index (χ2n) is 10.5. The van der Waals surface area contributed by atoms with E-state index >= 15 is 0 Å². The first-order valence-corrected chi connectivity index (χ1v) is 14.6. The summed E-state index contributed by atoms with van der Waals surface area (Å²) < 4.78 is 34.4. The number of anilines is 1. The van der Waals surface area contributed by atoms with Gasteiger partial charge in [0, 0.05) is 17.1 Å². The Morgan fingerprint density at radius 1 is 0.975 bits per heavy atom. The van der Waals surface area contributed by atoms with Gasteiger partial charge in [-0.2, -0.15) is 0 Å². The van der Waals surface area contributed by atoms with Crippen LogP contribution in [0.15, 0.2) is 77.7 Å². The van der Waals surface area contributed by atoms with Crippen molar-refractivity contribution in [2.24, 2.45) is 0 Å². The minimum absolute atomic E-state index is 0.00157. The lowest BCUT2D eigenvalue weighted by molar-refractivity contribution is -0.140. The molecule has 0 saturated carbocycles. The molecule has 0 unspecified atom stereocenters. The van der Waals surface area contributed by atoms with Crippen LogP contribution in [0.4, 0.5) is 5.69 Å². The summed E-state index contributed by atoms with van der Waals surface area (Å²) in [6.45, 7) is 8.42. The van der Waals surface area contributed by atoms with Crippen molar-refractivity contribution in [1.29, 1.82) is 0 Å². The fourth-order valence-corrected chi connectivity index (χ4v) is 5.67. The van der Waals surface area contributed by atoms with Gasteiger partial charge in [-0.05, 0) is 70.5 Å². The van der Waals surface area contributed by atoms with E-state index in [1.54, 1.807) is 67.6 Å². The standard InChI is InChI=1S/C30H36ClN3O5S/c1-21-15-17-24(18-16-21)40(37,38)34(26-13-9-10-14-27(26)39-6)20-28(35)33(19-23-11-7-8-12-25(23)31)22(2)29(36)32-30(3,4)5/h7-18,22H,19-20H2,1-6H3,(H,32,36)/t22-/m0/s1. The highest BCUT2D eigenvalue weighted by atomic mass is 35.5. The maximum Gasteiger partial charge on any atom is 0.264 e. The molecule has 3 aromatic carbocycles. The van der Waals surface area contributed by atoms with Crippen LogP contribution in [0, 0.1) is 6.92 Å². The molecule has 0 fully saturated rings. The summed E-state index contributed by atoms with van der Waals surface area (Å²) in [5, 5.41) is 3.33. The summed E-state index contributed by atoms with van der Waals surface area (Å²) in [6.07, 6.45) is 0. The third-order valence-electron chi connectivity index (χ3n) is 6.21. The first-order chi connectivity index (χ1) is 18.7. The number of carbonyl (C=O) groups is 2. The molecular formula is C30H36ClN3O5S. The Balaban J connectivity index is 2.09. The Hall–Kier alpha value is -3.56. The highest BCUT2D eigenvalue weighted by Gasteiger charge is 2.34. The molecule has 0 bridgehead atoms. The topological polar surface area (TPSA) is 96.0 Å². The van der Waals surface area contributed by atoms with E-state index in [4.69, 9.17) is 16.3 Å². The molecule has 10 heteroatoms. The number of halogens is 1. The van der Waals surface area contributed by atoms with Crippen molar-refractivity contribution in [3.8, 4) is 5.75 Å². The molecule has 0 aromatic heterocycles. The van der Waals surface area contributed by atoms with Gasteiger partial charge in [-0.25, -0.2) is 8.42 Å². The molecule has 214 valence electrons. The summed E-state index contributed by atoms with van der Waals surface area (Å²) >= 11 is 6.41. The van der Waals surface area contributed by atoms with Crippen LogP contribution >= 0.6 is 11.6 Å². The third-order valence-corrected chi connectivity index (χ3v) is 8.35. The van der Waals surface area contributed by atoms with Crippen molar-refractivity contribution in [1.82, 2.24) is 10.2 Å². The highest BCUT2D eigenvalue weighted by molar-refractivity contribution is 7.92. The van der Waals surface area contributed by atoms with Crippen molar-refractivity contribution < 1.29 is 22.7 Å². The Labute approximate surface area is 241 Å². The van der Waals surface area contributed by atoms with Crippen LogP contribution in [0.2, 0.25) is 5.02 Å². The number of amides is 2. The molecular weight excluding hydrogens is 550 g/mol. The Morgan fingerprint density at radius 3 is 2.17 bits per heavy atom. The number of rotatable bonds is 10. The van der Waals surface area contributed by atoms with Gasteiger partial charge in [0.2, 0.25) is 11.8 Å². The fourth-order valence-electron chi connectivity index (χ4n) is 4.05. The highest BCUT2D eigenvalue weighted by Crippen LogP contribution is 2.32. The predicted octanol–water partition coefficient (Wildman–Crippen LogP) is 5.18. The smallest absolute Gasteiger partial charge is 0.264 e. The lowest BCUT2D eigenvalue weighted by atomic mass is 10.1. The number of para-hydroxylation sites is 2. The van der Waals surface area contributed by atoms with Crippen molar-refractivity contribution in [3.63, 3.8) is 0 Å². The summed E-state index contributed by atoms with van der Waals surface area (Å²) in [5.41, 5.74) is 1.17. The van der Waals surface area contributed by atoms with Crippen LogP contribution < -0.4 is 14.4 Å². The lowest BCUT2D eigenvalue weighted by Crippen LogP contribution is -2.54. The van der Waals surface area contributed by atoms with Gasteiger partial charge in [0.25, 0.3) is 10.0 Å². The van der Waals surface area contributed by atoms with Crippen LogP contribution in [0.5, 0.6) is 5.75 Å². The number of carbonyl (C=O) groups excluding carboxylic acids is 2. The molecule has 3 aromatic rings. The lowest BCUT2D eigenvalue weighted by Gasteiger charge is -2.34. The maximum atomic E-state index is 14.0. The zero-order chi connectivity index (χ0) is 29.7. The van der Waals surface area contributed by atoms with Gasteiger partial charge in [0.1, 0.15) is 18.3 Å². The van der Waals surface area contributed by atoms with Crippen LogP contribution in [0.25, 0.3) is 0 Å². The first-order valence-electron chi connectivity index (χ1n) is 12.8. The van der Waals surface area contributed by atoms with E-state index in [2.05, 4.69) is 5.32 Å². The molecule has 0 aliphatic carbocycles. The summed E-state index contributed by atoms with van der Waals surface area (Å²) in [7, 11) is -2.78. The molecule has 1 atom stereocenters. The van der Waals surface area contributed by atoms with E-state index < -0.39 is 34.1 Å². The average molecular weight is 586 g/mol. The minimum Gasteiger partial charge on any atom is -0.495 e. The molecule has 40 heavy (non-hydrogen) atoms. The summed E-state index contributed by atoms with van der Waals surface area (Å²) in [5.74, 6) is -0.682. The SMILES string of the molecule is COc1ccccc1N(CC(=O)N(Cc1ccccc1Cl)[C@@H](C)C(=O)NC(C)(C)C)S(=O)(=O)c1ccc(C)cc1. The van der Waals surface area contributed by atoms with E-state index in [1.165, 1.54) is 24.1 Å². The number of benzene rings is 3. The Kier molecular flexibility index (Phi) is 9.87. The molecule has 2 amide bonds. The Bertz CT molecular complexity index is 1450. The van der Waals surface area contributed by atoms with Crippen molar-refractivity contribution in [3.05, 3.63) is 88.9 Å². The molecule has 0 saturated heterocycles. The Morgan fingerprint density at radius 2 is 1.57 bits per heavy atom. The fraction of sp³-hybridized carbons (Fsp3) is 0.333. The van der Waals surface area contributed by atoms with Gasteiger partial charge in [0.15, 0.2) is 0 Å². The summed E-state index contributed by atoms with van der Waals surface area (Å²) in [4.78, 5) is 28.6. The van der Waals surface area contributed by atoms with E-state index in [-0.39, 0.29) is 28.8 Å². The largest absolute Gasteiger partial charge is 0.495 e. The van der Waals surface area contributed by atoms with Crippen molar-refractivity contribution >= 4 is 39.1 Å². The zero-order valence-electron chi connectivity index (χ0n) is 23.6. The van der Waals surface area contributed by atoms with Gasteiger partial charge < -0.3 is 15.0 Å². The molecule has 0 aliphatic heterocycles. The molecule has 0 aliphatic rings. The molecule has 0 radical (unpaired) electrons. The predicted molar refractivity (Wildman–Crippen MR) is 158 cm³/mol. The quantitative estimate of drug-likeness (QED) is 0.353. The molecule has 0 heterocycles. The van der Waals surface area contributed by atoms with E-state index in [1.807, 2.05) is 27.7 Å². The number of sulfonamides is 1. The zero-order valence-corrected chi connectivity index (χ0v) is 25.2. The monoisotopic (exact) mass is 585 g/mol. The van der Waals surface area contributed by atoms with Crippen molar-refractivity contribution in [2.45, 2.75) is 57.6 Å². The summed E-state index contributed by atoms with van der Waals surface area (Å²) in [6, 6.07) is 19.0. The van der Waals surface area contributed by atoms with Gasteiger partial charge in [-0.15, -0.1) is 0 Å². The van der Waals surface area contributed by atoms with E-state index in [9.17, 15) is 18.0 Å². The average Bonchev–Trinajstić information content (AvgIpc) is 2.90. The van der Waals surface area contributed by atoms with Crippen LogP contribution in [0.3, 0.4) is 0 Å². The molecule has 3 rings (SSSR count). The van der Waals surface area contributed by atoms with E-state index in [0.717, 1.165) is 9.87 Å². The second-order valence-corrected chi connectivity index (χ2v) is 12.8. The number of methoxy groups -OCH3 is 1. The van der Waals surface area contributed by atoms with Gasteiger partial charge >= 0.3 is 0 Å². The van der Waals surface area contributed by atoms with Crippen molar-refractivity contribution in [2.75, 3.05) is 18.0 Å². The van der Waals surface area contributed by atoms with E-state index in [0.29, 0.717) is 10.6 Å². The van der Waals surface area contributed by atoms with Crippen LogP contribution in [-0.2, 0) is 26.2 Å². The molecule has 1 N–H and O–H groups in total. The number of aryl methyl sites for hydroxylation is 1. The number of hydrogen-bond donors (Lipinski definition) is 1. The maximum absolute atomic E-state index is 14.0. The molecule has 0 spiro atoms. The normalized spacial score (nSPS) is 12.4. The van der Waals surface area contributed by atoms with Crippen LogP contribution in [0.1, 0.15) is 38.8 Å². The third kappa shape index (κ3) is 7.55. The minimum atomic E-state index is -4.21. The number of nitrogens with zero attached hydrogens (tertiary/aromatic N) is 2. The van der Waals surface area contributed by atoms with Gasteiger partial charge in [-0.1, -0.05) is 59.6 Å². The first kappa shape index (κ1) is 31.0. The number of hydrogen-bond acceptors (Lipinski definition) is 5. The van der Waals surface area contributed by atoms with Crippen LogP contribution in [-0.4, -0.2) is 50.4 Å². The number of nitrogens with one attached hydrogen (secondary N) is 1. The van der Waals surface area contributed by atoms with Gasteiger partial charge in [0.05, 0.1) is 17.7 Å². The second kappa shape index (κ2) is 12.7. The molecule has 8 nitrogen and oxygen atoms in total. The number of ether oxygens (including phenoxy) is 1. The van der Waals surface area contributed by atoms with Gasteiger partial charge in [-0.3, -0.25) is 13.9 Å².